The Morgan fingerprint density at radius 3 is 2.28 bits per heavy atom. The second-order valence-corrected chi connectivity index (χ2v) is 4.17. The van der Waals surface area contributed by atoms with E-state index in [1.54, 1.807) is 21.1 Å². The lowest BCUT2D eigenvalue weighted by atomic mass is 10.1. The van der Waals surface area contributed by atoms with Gasteiger partial charge in [0.25, 0.3) is 0 Å². The molecule has 0 aliphatic rings. The smallest absolute Gasteiger partial charge is 0.320 e. The molecule has 5 nitrogen and oxygen atoms in total. The second-order valence-electron chi connectivity index (χ2n) is 4.17. The van der Waals surface area contributed by atoms with Gasteiger partial charge in [0.1, 0.15) is 6.04 Å². The van der Waals surface area contributed by atoms with Crippen molar-refractivity contribution in [1.29, 1.82) is 0 Å². The zero-order valence-electron chi connectivity index (χ0n) is 11.3. The molecule has 0 aliphatic heterocycles. The van der Waals surface area contributed by atoms with Crippen molar-refractivity contribution in [3.8, 4) is 0 Å². The van der Waals surface area contributed by atoms with Gasteiger partial charge in [-0.25, -0.2) is 0 Å². The highest BCUT2D eigenvalue weighted by Crippen LogP contribution is 2.04. The number of hydrogen-bond donors (Lipinski definition) is 3. The average molecular weight is 253 g/mol. The molecule has 18 heavy (non-hydrogen) atoms. The number of carboxylic acids is 1. The average Bonchev–Trinajstić information content (AvgIpc) is 2.30. The Bertz CT molecular complexity index is 326. The molecule has 4 N–H and O–H groups in total. The maximum atomic E-state index is 10.7. The maximum absolute atomic E-state index is 10.7. The van der Waals surface area contributed by atoms with Gasteiger partial charge in [-0.3, -0.25) is 15.6 Å². The third-order valence-corrected chi connectivity index (χ3v) is 2.21. The minimum atomic E-state index is -0.788. The van der Waals surface area contributed by atoms with Crippen LogP contribution < -0.4 is 11.2 Å². The molecule has 1 aromatic rings. The topological polar surface area (TPSA) is 78.6 Å². The van der Waals surface area contributed by atoms with Crippen LogP contribution in [0.15, 0.2) is 30.3 Å². The molecule has 1 atom stereocenters. The summed E-state index contributed by atoms with van der Waals surface area (Å²) in [5.74, 6) is 4.16. The molecule has 0 saturated carbocycles. The van der Waals surface area contributed by atoms with Crippen LogP contribution in [0.1, 0.15) is 12.0 Å². The van der Waals surface area contributed by atoms with Crippen molar-refractivity contribution in [3.63, 3.8) is 0 Å². The van der Waals surface area contributed by atoms with Crippen LogP contribution in [0.5, 0.6) is 0 Å². The lowest BCUT2D eigenvalue weighted by molar-refractivity contribution is -0.139. The molecule has 0 heterocycles. The van der Waals surface area contributed by atoms with Crippen LogP contribution >= 0.6 is 0 Å². The Morgan fingerprint density at radius 2 is 1.89 bits per heavy atom. The molecule has 0 bridgehead atoms. The number of nitrogens with zero attached hydrogens (tertiary/aromatic N) is 1. The molecule has 0 aromatic heterocycles. The van der Waals surface area contributed by atoms with Crippen molar-refractivity contribution in [2.24, 2.45) is 5.84 Å². The monoisotopic (exact) mass is 253 g/mol. The summed E-state index contributed by atoms with van der Waals surface area (Å²) >= 11 is 0. The van der Waals surface area contributed by atoms with Gasteiger partial charge in [-0.05, 0) is 25.5 Å². The molecule has 0 spiro atoms. The van der Waals surface area contributed by atoms with E-state index in [4.69, 9.17) is 10.9 Å². The lowest BCUT2D eigenvalue weighted by Crippen LogP contribution is -2.34. The molecule has 0 aliphatic carbocycles. The minimum absolute atomic E-state index is 0.449. The van der Waals surface area contributed by atoms with Gasteiger partial charge >= 0.3 is 5.97 Å². The molecule has 1 rings (SSSR count). The molecule has 0 fully saturated rings. The Labute approximate surface area is 109 Å². The zero-order valence-corrected chi connectivity index (χ0v) is 11.3. The molecule has 0 unspecified atom stereocenters. The summed E-state index contributed by atoms with van der Waals surface area (Å²) in [4.78, 5) is 10.7. The quantitative estimate of drug-likeness (QED) is 0.532. The summed E-state index contributed by atoms with van der Waals surface area (Å²) in [5.41, 5.74) is 1.18. The third kappa shape index (κ3) is 8.69. The van der Waals surface area contributed by atoms with Crippen LogP contribution in [0.3, 0.4) is 0 Å². The SMILES string of the molecule is CN(C)N.CN[C@H](CCc1ccccc1)C(=O)O. The fourth-order valence-corrected chi connectivity index (χ4v) is 1.35. The number of likely N-dealkylation sites (N-methyl/N-ethyl adjacent to an activating group) is 1. The van der Waals surface area contributed by atoms with E-state index in [9.17, 15) is 4.79 Å². The number of benzene rings is 1. The summed E-state index contributed by atoms with van der Waals surface area (Å²) in [6.45, 7) is 0. The van der Waals surface area contributed by atoms with Crippen molar-refractivity contribution >= 4 is 5.97 Å². The minimum Gasteiger partial charge on any atom is -0.480 e. The molecular weight excluding hydrogens is 230 g/mol. The molecule has 0 amide bonds. The van der Waals surface area contributed by atoms with E-state index in [0.29, 0.717) is 6.42 Å². The van der Waals surface area contributed by atoms with Gasteiger partial charge < -0.3 is 10.4 Å². The summed E-state index contributed by atoms with van der Waals surface area (Å²) in [6, 6.07) is 9.45. The van der Waals surface area contributed by atoms with Crippen molar-refractivity contribution in [1.82, 2.24) is 10.3 Å². The van der Waals surface area contributed by atoms with Crippen LogP contribution in [0.25, 0.3) is 0 Å². The fourth-order valence-electron chi connectivity index (χ4n) is 1.35. The maximum Gasteiger partial charge on any atom is 0.320 e. The van der Waals surface area contributed by atoms with Crippen LogP contribution in [-0.2, 0) is 11.2 Å². The first-order valence-electron chi connectivity index (χ1n) is 5.83. The number of aryl methyl sites for hydroxylation is 1. The number of hydrazine groups is 1. The number of hydrogen-bond acceptors (Lipinski definition) is 4. The van der Waals surface area contributed by atoms with Crippen molar-refractivity contribution < 1.29 is 9.90 Å². The zero-order chi connectivity index (χ0) is 14.0. The first kappa shape index (κ1) is 16.6. The van der Waals surface area contributed by atoms with Gasteiger partial charge in [0.2, 0.25) is 0 Å². The van der Waals surface area contributed by atoms with Crippen molar-refractivity contribution in [2.75, 3.05) is 21.1 Å². The van der Waals surface area contributed by atoms with Crippen LogP contribution in [0, 0.1) is 0 Å². The number of carboxylic acid groups (broad SMARTS) is 1. The fraction of sp³-hybridized carbons (Fsp3) is 0.462. The molecule has 0 radical (unpaired) electrons. The standard InChI is InChI=1S/C11H15NO2.C2H8N2/c1-12-10(11(13)14)8-7-9-5-3-2-4-6-9;1-4(2)3/h2-6,10,12H,7-8H2,1H3,(H,13,14);3H2,1-2H3/t10-;/m1./s1. The molecule has 5 heteroatoms. The Hall–Kier alpha value is -1.43. The number of aliphatic carboxylic acids is 1. The predicted octanol–water partition coefficient (Wildman–Crippen LogP) is 0.714. The van der Waals surface area contributed by atoms with Crippen molar-refractivity contribution in [2.45, 2.75) is 18.9 Å². The predicted molar refractivity (Wildman–Crippen MR) is 73.1 cm³/mol. The summed E-state index contributed by atoms with van der Waals surface area (Å²) in [5, 5.41) is 13.1. The Balaban J connectivity index is 0.000000631. The van der Waals surface area contributed by atoms with Crippen LogP contribution in [0.4, 0.5) is 0 Å². The van der Waals surface area contributed by atoms with Crippen molar-refractivity contribution in [3.05, 3.63) is 35.9 Å². The normalized spacial score (nSPS) is 11.6. The van der Waals surface area contributed by atoms with Gasteiger partial charge in [0.15, 0.2) is 0 Å². The molecule has 1 aromatic carbocycles. The highest BCUT2D eigenvalue weighted by atomic mass is 16.4. The van der Waals surface area contributed by atoms with E-state index in [2.05, 4.69) is 5.32 Å². The van der Waals surface area contributed by atoms with E-state index < -0.39 is 12.0 Å². The van der Waals surface area contributed by atoms with E-state index in [1.807, 2.05) is 30.3 Å². The number of carbonyl (C=O) groups is 1. The third-order valence-electron chi connectivity index (χ3n) is 2.21. The highest BCUT2D eigenvalue weighted by Gasteiger charge is 2.13. The van der Waals surface area contributed by atoms with E-state index in [1.165, 1.54) is 10.6 Å². The van der Waals surface area contributed by atoms with Gasteiger partial charge in [0.05, 0.1) is 0 Å². The van der Waals surface area contributed by atoms with E-state index in [-0.39, 0.29) is 0 Å². The first-order valence-corrected chi connectivity index (χ1v) is 5.83. The first-order chi connectivity index (χ1) is 8.47. The van der Waals surface area contributed by atoms with Gasteiger partial charge in [-0.1, -0.05) is 30.3 Å². The van der Waals surface area contributed by atoms with Crippen LogP contribution in [0.2, 0.25) is 0 Å². The van der Waals surface area contributed by atoms with E-state index in [0.717, 1.165) is 6.42 Å². The molecule has 102 valence electrons. The summed E-state index contributed by atoms with van der Waals surface area (Å²) in [6.07, 6.45) is 1.41. The van der Waals surface area contributed by atoms with Crippen LogP contribution in [-0.4, -0.2) is 43.3 Å². The lowest BCUT2D eigenvalue weighted by Gasteiger charge is -2.10. The largest absolute Gasteiger partial charge is 0.480 e. The number of rotatable bonds is 5. The number of nitrogens with one attached hydrogen (secondary N) is 1. The van der Waals surface area contributed by atoms with E-state index >= 15 is 0 Å². The molecule has 0 saturated heterocycles. The van der Waals surface area contributed by atoms with Gasteiger partial charge in [-0.2, -0.15) is 0 Å². The summed E-state index contributed by atoms with van der Waals surface area (Å²) < 4.78 is 0. The summed E-state index contributed by atoms with van der Waals surface area (Å²) in [7, 11) is 5.23. The molecular formula is C13H23N3O2. The van der Waals surface area contributed by atoms with Gasteiger partial charge in [-0.15, -0.1) is 0 Å². The Morgan fingerprint density at radius 1 is 1.39 bits per heavy atom. The van der Waals surface area contributed by atoms with Gasteiger partial charge in [0, 0.05) is 14.1 Å². The highest BCUT2D eigenvalue weighted by molar-refractivity contribution is 5.73. The Kier molecular flexibility index (Phi) is 8.82. The number of nitrogens with two attached hydrogens (primary N) is 1. The second kappa shape index (κ2) is 9.58.